The van der Waals surface area contributed by atoms with E-state index in [1.54, 1.807) is 19.1 Å². The summed E-state index contributed by atoms with van der Waals surface area (Å²) in [6.07, 6.45) is 5.49. The molecule has 1 aliphatic rings. The molecular formula is C17H20FNO3. The average Bonchev–Trinajstić information content (AvgIpc) is 2.99. The maximum Gasteiger partial charge on any atom is 0.307 e. The lowest BCUT2D eigenvalue weighted by Gasteiger charge is -2.14. The molecule has 2 atom stereocenters. The summed E-state index contributed by atoms with van der Waals surface area (Å²) in [7, 11) is 0. The number of esters is 1. The summed E-state index contributed by atoms with van der Waals surface area (Å²) < 4.78 is 17.9. The first-order chi connectivity index (χ1) is 10.5. The fourth-order valence-corrected chi connectivity index (χ4v) is 2.31. The topological polar surface area (TPSA) is 55.4 Å². The van der Waals surface area contributed by atoms with Crippen molar-refractivity contribution >= 4 is 11.9 Å². The van der Waals surface area contributed by atoms with E-state index in [4.69, 9.17) is 4.74 Å². The number of amides is 1. The van der Waals surface area contributed by atoms with E-state index in [1.807, 2.05) is 6.08 Å². The minimum absolute atomic E-state index is 0.224. The van der Waals surface area contributed by atoms with E-state index in [9.17, 15) is 14.0 Å². The van der Waals surface area contributed by atoms with Gasteiger partial charge in [0, 0.05) is 6.54 Å². The molecule has 0 saturated heterocycles. The predicted octanol–water partition coefficient (Wildman–Crippen LogP) is 2.73. The first-order valence-electron chi connectivity index (χ1n) is 7.43. The Hall–Kier alpha value is -2.17. The van der Waals surface area contributed by atoms with E-state index >= 15 is 0 Å². The van der Waals surface area contributed by atoms with Crippen molar-refractivity contribution in [3.05, 3.63) is 47.8 Å². The summed E-state index contributed by atoms with van der Waals surface area (Å²) in [5.41, 5.74) is 0.782. The second kappa shape index (κ2) is 7.73. The first kappa shape index (κ1) is 16.2. The molecule has 0 spiro atoms. The van der Waals surface area contributed by atoms with Crippen molar-refractivity contribution in [2.45, 2.75) is 38.8 Å². The summed E-state index contributed by atoms with van der Waals surface area (Å²) in [4.78, 5) is 23.6. The second-order valence-electron chi connectivity index (χ2n) is 5.45. The highest BCUT2D eigenvalue weighted by Gasteiger charge is 2.20. The summed E-state index contributed by atoms with van der Waals surface area (Å²) in [5.74, 6) is -0.819. The van der Waals surface area contributed by atoms with Gasteiger partial charge in [0.25, 0.3) is 5.91 Å². The molecule has 0 heterocycles. The summed E-state index contributed by atoms with van der Waals surface area (Å²) in [5, 5.41) is 2.66. The fraction of sp³-hybridized carbons (Fsp3) is 0.412. The summed E-state index contributed by atoms with van der Waals surface area (Å²) >= 11 is 0. The molecule has 1 N–H and O–H groups in total. The molecule has 1 aliphatic carbocycles. The van der Waals surface area contributed by atoms with Crippen molar-refractivity contribution in [3.63, 3.8) is 0 Å². The second-order valence-corrected chi connectivity index (χ2v) is 5.45. The third-order valence-electron chi connectivity index (χ3n) is 3.60. The maximum atomic E-state index is 12.8. The van der Waals surface area contributed by atoms with E-state index in [-0.39, 0.29) is 30.2 Å². The number of carbonyl (C=O) groups excluding carboxylic acids is 2. The van der Waals surface area contributed by atoms with Gasteiger partial charge in [-0.3, -0.25) is 9.59 Å². The van der Waals surface area contributed by atoms with Gasteiger partial charge in [-0.2, -0.15) is 0 Å². The third-order valence-corrected chi connectivity index (χ3v) is 3.60. The van der Waals surface area contributed by atoms with Gasteiger partial charge in [-0.05, 0) is 43.4 Å². The number of hydrogen-bond donors (Lipinski definition) is 1. The average molecular weight is 305 g/mol. The van der Waals surface area contributed by atoms with Gasteiger partial charge in [0.2, 0.25) is 0 Å². The monoisotopic (exact) mass is 305 g/mol. The van der Waals surface area contributed by atoms with Gasteiger partial charge in [-0.1, -0.05) is 24.3 Å². The molecule has 0 fully saturated rings. The van der Waals surface area contributed by atoms with Gasteiger partial charge in [0.1, 0.15) is 5.82 Å². The van der Waals surface area contributed by atoms with Crippen LogP contribution in [0.1, 0.15) is 31.7 Å². The zero-order valence-electron chi connectivity index (χ0n) is 12.5. The molecule has 1 aromatic carbocycles. The van der Waals surface area contributed by atoms with Crippen LogP contribution in [0.3, 0.4) is 0 Å². The molecule has 1 aromatic rings. The lowest BCUT2D eigenvalue weighted by atomic mass is 10.1. The van der Waals surface area contributed by atoms with Gasteiger partial charge in [0.05, 0.1) is 6.42 Å². The van der Waals surface area contributed by atoms with Crippen LogP contribution in [0.2, 0.25) is 0 Å². The van der Waals surface area contributed by atoms with Gasteiger partial charge in [0.15, 0.2) is 6.10 Å². The van der Waals surface area contributed by atoms with Crippen molar-refractivity contribution in [1.29, 1.82) is 0 Å². The lowest BCUT2D eigenvalue weighted by molar-refractivity contribution is -0.155. The maximum absolute atomic E-state index is 12.8. The van der Waals surface area contributed by atoms with Crippen molar-refractivity contribution in [3.8, 4) is 0 Å². The summed E-state index contributed by atoms with van der Waals surface area (Å²) in [6, 6.07) is 5.86. The fourth-order valence-electron chi connectivity index (χ4n) is 2.31. The number of carbonyl (C=O) groups is 2. The zero-order chi connectivity index (χ0) is 15.9. The SMILES string of the molecule is C[C@H](OC(=O)C[C@@H]1C=CCC1)C(=O)NCc1ccc(F)cc1. The van der Waals surface area contributed by atoms with Crippen LogP contribution in [0, 0.1) is 11.7 Å². The molecule has 0 aromatic heterocycles. The minimum atomic E-state index is -0.835. The molecule has 0 bridgehead atoms. The molecule has 2 rings (SSSR count). The standard InChI is InChI=1S/C17H20FNO3/c1-12(22-16(20)10-13-4-2-3-5-13)17(21)19-11-14-6-8-15(18)9-7-14/h2,4,6-9,12-13H,3,5,10-11H2,1H3,(H,19,21)/t12-,13+/m0/s1. The third kappa shape index (κ3) is 4.98. The Morgan fingerprint density at radius 3 is 2.73 bits per heavy atom. The smallest absolute Gasteiger partial charge is 0.307 e. The normalized spacial score (nSPS) is 18.0. The van der Waals surface area contributed by atoms with Crippen LogP contribution in [0.5, 0.6) is 0 Å². The highest BCUT2D eigenvalue weighted by atomic mass is 19.1. The molecule has 5 heteroatoms. The quantitative estimate of drug-likeness (QED) is 0.649. The van der Waals surface area contributed by atoms with Gasteiger partial charge in [-0.15, -0.1) is 0 Å². The molecule has 0 unspecified atom stereocenters. The van der Waals surface area contributed by atoms with Crippen LogP contribution in [0.25, 0.3) is 0 Å². The Morgan fingerprint density at radius 1 is 1.36 bits per heavy atom. The highest BCUT2D eigenvalue weighted by Crippen LogP contribution is 2.20. The molecule has 0 radical (unpaired) electrons. The van der Waals surface area contributed by atoms with E-state index in [0.29, 0.717) is 6.42 Å². The Kier molecular flexibility index (Phi) is 5.69. The molecule has 0 saturated carbocycles. The zero-order valence-corrected chi connectivity index (χ0v) is 12.5. The number of halogens is 1. The van der Waals surface area contributed by atoms with Gasteiger partial charge >= 0.3 is 5.97 Å². The van der Waals surface area contributed by atoms with Gasteiger partial charge < -0.3 is 10.1 Å². The van der Waals surface area contributed by atoms with Crippen molar-refractivity contribution in [2.75, 3.05) is 0 Å². The van der Waals surface area contributed by atoms with Crippen LogP contribution in [0.15, 0.2) is 36.4 Å². The van der Waals surface area contributed by atoms with Crippen LogP contribution < -0.4 is 5.32 Å². The largest absolute Gasteiger partial charge is 0.453 e. The number of allylic oxidation sites excluding steroid dienone is 2. The number of ether oxygens (including phenoxy) is 1. The van der Waals surface area contributed by atoms with Crippen molar-refractivity contribution in [1.82, 2.24) is 5.32 Å². The Morgan fingerprint density at radius 2 is 2.09 bits per heavy atom. The van der Waals surface area contributed by atoms with Crippen molar-refractivity contribution in [2.24, 2.45) is 5.92 Å². The Labute approximate surface area is 129 Å². The van der Waals surface area contributed by atoms with Crippen LogP contribution in [-0.4, -0.2) is 18.0 Å². The van der Waals surface area contributed by atoms with E-state index in [0.717, 1.165) is 18.4 Å². The van der Waals surface area contributed by atoms with Crippen LogP contribution in [0.4, 0.5) is 4.39 Å². The number of benzene rings is 1. The molecule has 0 aliphatic heterocycles. The molecule has 1 amide bonds. The predicted molar refractivity (Wildman–Crippen MR) is 80.3 cm³/mol. The van der Waals surface area contributed by atoms with Crippen molar-refractivity contribution < 1.29 is 18.7 Å². The lowest BCUT2D eigenvalue weighted by Crippen LogP contribution is -2.35. The van der Waals surface area contributed by atoms with E-state index in [1.165, 1.54) is 12.1 Å². The first-order valence-corrected chi connectivity index (χ1v) is 7.43. The number of rotatable bonds is 6. The molecule has 118 valence electrons. The Bertz CT molecular complexity index is 554. The molecular weight excluding hydrogens is 285 g/mol. The van der Waals surface area contributed by atoms with E-state index in [2.05, 4.69) is 11.4 Å². The van der Waals surface area contributed by atoms with E-state index < -0.39 is 6.10 Å². The number of nitrogens with one attached hydrogen (secondary N) is 1. The van der Waals surface area contributed by atoms with Crippen LogP contribution >= 0.6 is 0 Å². The number of hydrogen-bond acceptors (Lipinski definition) is 3. The molecule has 22 heavy (non-hydrogen) atoms. The Balaban J connectivity index is 1.72. The summed E-state index contributed by atoms with van der Waals surface area (Å²) in [6.45, 7) is 1.81. The minimum Gasteiger partial charge on any atom is -0.453 e. The molecule has 4 nitrogen and oxygen atoms in total. The van der Waals surface area contributed by atoms with Gasteiger partial charge in [-0.25, -0.2) is 4.39 Å². The van der Waals surface area contributed by atoms with Crippen LogP contribution in [-0.2, 0) is 20.9 Å². The highest BCUT2D eigenvalue weighted by molar-refractivity contribution is 5.83.